The number of carboxylic acids is 1. The molecule has 0 saturated heterocycles. The Morgan fingerprint density at radius 3 is 2.67 bits per heavy atom. The van der Waals surface area contributed by atoms with Gasteiger partial charge in [-0.1, -0.05) is 12.1 Å². The number of ether oxygens (including phenoxy) is 1. The first-order valence-electron chi connectivity index (χ1n) is 6.33. The van der Waals surface area contributed by atoms with Crippen LogP contribution in [0.4, 0.5) is 0 Å². The van der Waals surface area contributed by atoms with Gasteiger partial charge in [0.05, 0.1) is 13.2 Å². The summed E-state index contributed by atoms with van der Waals surface area (Å²) in [5.74, 6) is -0.310. The Labute approximate surface area is 127 Å². The van der Waals surface area contributed by atoms with E-state index in [1.54, 1.807) is 31.4 Å². The van der Waals surface area contributed by atoms with Crippen molar-refractivity contribution in [3.05, 3.63) is 29.8 Å². The van der Waals surface area contributed by atoms with Gasteiger partial charge in [0, 0.05) is 18.4 Å². The molecule has 1 rings (SSSR count). The SMILES string of the molecule is COc1cccc(C(O)CSCC(NC(C)=O)C(=O)O)c1. The largest absolute Gasteiger partial charge is 0.497 e. The molecule has 0 aromatic heterocycles. The van der Waals surface area contributed by atoms with Gasteiger partial charge < -0.3 is 20.3 Å². The number of amides is 1. The first-order chi connectivity index (χ1) is 9.93. The fraction of sp³-hybridized carbons (Fsp3) is 0.429. The smallest absolute Gasteiger partial charge is 0.327 e. The van der Waals surface area contributed by atoms with Crippen LogP contribution in [0.3, 0.4) is 0 Å². The molecule has 6 nitrogen and oxygen atoms in total. The minimum absolute atomic E-state index is 0.190. The lowest BCUT2D eigenvalue weighted by molar-refractivity contribution is -0.140. The Morgan fingerprint density at radius 2 is 2.10 bits per heavy atom. The predicted molar refractivity (Wildman–Crippen MR) is 80.5 cm³/mol. The van der Waals surface area contributed by atoms with Gasteiger partial charge in [0.15, 0.2) is 0 Å². The molecule has 0 aliphatic heterocycles. The fourth-order valence-electron chi connectivity index (χ4n) is 1.66. The molecule has 1 aromatic rings. The zero-order chi connectivity index (χ0) is 15.8. The third-order valence-electron chi connectivity index (χ3n) is 2.71. The fourth-order valence-corrected chi connectivity index (χ4v) is 2.68. The number of thioether (sulfide) groups is 1. The van der Waals surface area contributed by atoms with E-state index in [0.717, 1.165) is 0 Å². The maximum atomic E-state index is 11.0. The molecule has 1 amide bonds. The number of rotatable bonds is 8. The topological polar surface area (TPSA) is 95.9 Å². The second kappa shape index (κ2) is 8.53. The van der Waals surface area contributed by atoms with E-state index in [-0.39, 0.29) is 5.75 Å². The van der Waals surface area contributed by atoms with Crippen LogP contribution in [0.1, 0.15) is 18.6 Å². The summed E-state index contributed by atoms with van der Waals surface area (Å²) in [5.41, 5.74) is 0.702. The van der Waals surface area contributed by atoms with Crippen LogP contribution >= 0.6 is 11.8 Å². The van der Waals surface area contributed by atoms with Crippen molar-refractivity contribution in [2.45, 2.75) is 19.1 Å². The second-order valence-electron chi connectivity index (χ2n) is 4.42. The number of aliphatic hydroxyl groups excluding tert-OH is 1. The Balaban J connectivity index is 2.49. The highest BCUT2D eigenvalue weighted by atomic mass is 32.2. The van der Waals surface area contributed by atoms with E-state index in [1.165, 1.54) is 18.7 Å². The zero-order valence-corrected chi connectivity index (χ0v) is 12.7. The van der Waals surface area contributed by atoms with Crippen molar-refractivity contribution in [2.24, 2.45) is 0 Å². The molecule has 0 aliphatic rings. The lowest BCUT2D eigenvalue weighted by Gasteiger charge is -2.15. The van der Waals surface area contributed by atoms with Gasteiger partial charge in [-0.15, -0.1) is 0 Å². The quantitative estimate of drug-likeness (QED) is 0.664. The Kier molecular flexibility index (Phi) is 7.04. The van der Waals surface area contributed by atoms with Gasteiger partial charge in [0.1, 0.15) is 11.8 Å². The van der Waals surface area contributed by atoms with E-state index >= 15 is 0 Å². The van der Waals surface area contributed by atoms with Crippen LogP contribution in [0.2, 0.25) is 0 Å². The molecule has 0 bridgehead atoms. The Bertz CT molecular complexity index is 494. The molecule has 0 heterocycles. The van der Waals surface area contributed by atoms with Crippen molar-refractivity contribution in [3.8, 4) is 5.75 Å². The van der Waals surface area contributed by atoms with Crippen LogP contribution in [0.5, 0.6) is 5.75 Å². The molecule has 0 spiro atoms. The number of carbonyl (C=O) groups is 2. The molecule has 2 unspecified atom stereocenters. The standard InChI is InChI=1S/C14H19NO5S/c1-9(16)15-12(14(18)19)7-21-8-13(17)10-4-3-5-11(6-10)20-2/h3-6,12-13,17H,7-8H2,1-2H3,(H,15,16)(H,18,19). The third-order valence-corrected chi connectivity index (χ3v) is 3.83. The Hall–Kier alpha value is -1.73. The molecular weight excluding hydrogens is 294 g/mol. The number of aliphatic carboxylic acids is 1. The third kappa shape index (κ3) is 6.05. The van der Waals surface area contributed by atoms with E-state index in [0.29, 0.717) is 17.1 Å². The van der Waals surface area contributed by atoms with Crippen LogP contribution in [-0.2, 0) is 9.59 Å². The van der Waals surface area contributed by atoms with Crippen LogP contribution in [0.25, 0.3) is 0 Å². The number of hydrogen-bond acceptors (Lipinski definition) is 5. The van der Waals surface area contributed by atoms with Crippen molar-refractivity contribution in [1.29, 1.82) is 0 Å². The molecule has 0 fully saturated rings. The zero-order valence-electron chi connectivity index (χ0n) is 11.9. The minimum Gasteiger partial charge on any atom is -0.497 e. The van der Waals surface area contributed by atoms with Crippen molar-refractivity contribution < 1.29 is 24.5 Å². The van der Waals surface area contributed by atoms with Gasteiger partial charge >= 0.3 is 5.97 Å². The van der Waals surface area contributed by atoms with Crippen molar-refractivity contribution in [1.82, 2.24) is 5.32 Å². The number of methoxy groups -OCH3 is 1. The van der Waals surface area contributed by atoms with Gasteiger partial charge in [-0.25, -0.2) is 4.79 Å². The van der Waals surface area contributed by atoms with Crippen LogP contribution < -0.4 is 10.1 Å². The van der Waals surface area contributed by atoms with E-state index < -0.39 is 24.0 Å². The number of carbonyl (C=O) groups excluding carboxylic acids is 1. The molecule has 116 valence electrons. The van der Waals surface area contributed by atoms with E-state index in [1.807, 2.05) is 0 Å². The number of nitrogens with one attached hydrogen (secondary N) is 1. The maximum absolute atomic E-state index is 11.0. The highest BCUT2D eigenvalue weighted by Crippen LogP contribution is 2.22. The molecular formula is C14H19NO5S. The first-order valence-corrected chi connectivity index (χ1v) is 7.49. The van der Waals surface area contributed by atoms with Crippen molar-refractivity contribution in [2.75, 3.05) is 18.6 Å². The highest BCUT2D eigenvalue weighted by molar-refractivity contribution is 7.99. The van der Waals surface area contributed by atoms with Crippen molar-refractivity contribution in [3.63, 3.8) is 0 Å². The summed E-state index contributed by atoms with van der Waals surface area (Å²) >= 11 is 1.26. The summed E-state index contributed by atoms with van der Waals surface area (Å²) in [6.45, 7) is 1.27. The normalized spacial score (nSPS) is 13.3. The van der Waals surface area contributed by atoms with E-state index in [2.05, 4.69) is 5.32 Å². The number of aliphatic hydroxyl groups is 1. The lowest BCUT2D eigenvalue weighted by atomic mass is 10.1. The summed E-state index contributed by atoms with van der Waals surface area (Å²) in [5, 5.41) is 21.4. The van der Waals surface area contributed by atoms with Gasteiger partial charge in [0.25, 0.3) is 0 Å². The average Bonchev–Trinajstić information content (AvgIpc) is 2.45. The van der Waals surface area contributed by atoms with Gasteiger partial charge in [0.2, 0.25) is 5.91 Å². The summed E-state index contributed by atoms with van der Waals surface area (Å²) < 4.78 is 5.08. The molecule has 7 heteroatoms. The molecule has 2 atom stereocenters. The van der Waals surface area contributed by atoms with Gasteiger partial charge in [-0.05, 0) is 17.7 Å². The summed E-state index contributed by atoms with van der Waals surface area (Å²) in [6.07, 6.45) is -0.725. The molecule has 1 aromatic carbocycles. The summed E-state index contributed by atoms with van der Waals surface area (Å²) in [4.78, 5) is 21.9. The molecule has 3 N–H and O–H groups in total. The molecule has 0 radical (unpaired) electrons. The molecule has 21 heavy (non-hydrogen) atoms. The molecule has 0 aliphatic carbocycles. The van der Waals surface area contributed by atoms with E-state index in [4.69, 9.17) is 9.84 Å². The van der Waals surface area contributed by atoms with Crippen molar-refractivity contribution >= 4 is 23.6 Å². The number of carboxylic acid groups (broad SMARTS) is 1. The van der Waals surface area contributed by atoms with Crippen LogP contribution in [0, 0.1) is 0 Å². The summed E-state index contributed by atoms with van der Waals surface area (Å²) in [7, 11) is 1.55. The monoisotopic (exact) mass is 313 g/mol. The van der Waals surface area contributed by atoms with E-state index in [9.17, 15) is 14.7 Å². The molecule has 0 saturated carbocycles. The number of benzene rings is 1. The first kappa shape index (κ1) is 17.3. The second-order valence-corrected chi connectivity index (χ2v) is 5.50. The highest BCUT2D eigenvalue weighted by Gasteiger charge is 2.19. The Morgan fingerprint density at radius 1 is 1.38 bits per heavy atom. The minimum atomic E-state index is -1.09. The van der Waals surface area contributed by atoms with Crippen LogP contribution in [-0.4, -0.2) is 46.7 Å². The average molecular weight is 313 g/mol. The maximum Gasteiger partial charge on any atom is 0.327 e. The van der Waals surface area contributed by atoms with Gasteiger partial charge in [-0.3, -0.25) is 4.79 Å². The van der Waals surface area contributed by atoms with Crippen LogP contribution in [0.15, 0.2) is 24.3 Å². The predicted octanol–water partition coefficient (Wildman–Crippen LogP) is 1.05. The summed E-state index contributed by atoms with van der Waals surface area (Å²) in [6, 6.07) is 6.11. The lowest BCUT2D eigenvalue weighted by Crippen LogP contribution is -2.41. The van der Waals surface area contributed by atoms with Gasteiger partial charge in [-0.2, -0.15) is 11.8 Å². The number of hydrogen-bond donors (Lipinski definition) is 3.